The van der Waals surface area contributed by atoms with E-state index in [2.05, 4.69) is 15.3 Å². The van der Waals surface area contributed by atoms with Crippen LogP contribution in [0, 0.1) is 0 Å². The number of nitrogens with one attached hydrogen (secondary N) is 1. The summed E-state index contributed by atoms with van der Waals surface area (Å²) in [4.78, 5) is 21.0. The van der Waals surface area contributed by atoms with Crippen molar-refractivity contribution in [2.75, 3.05) is 6.61 Å². The van der Waals surface area contributed by atoms with Crippen LogP contribution in [0.5, 0.6) is 0 Å². The number of amides is 1. The molecule has 1 atom stereocenters. The number of fused-ring (bicyclic) bond motifs is 1. The fourth-order valence-corrected chi connectivity index (χ4v) is 2.68. The van der Waals surface area contributed by atoms with E-state index in [1.165, 1.54) is 6.20 Å². The highest BCUT2D eigenvalue weighted by molar-refractivity contribution is 5.93. The molecule has 21 heavy (non-hydrogen) atoms. The standard InChI is InChI=1S/C16H19N3O2/c1-16(2)9-11(7-8-21-16)18-15(20)14-10-17-12-5-3-4-6-13(12)19-14/h3-6,10-11H,7-9H2,1-2H3,(H,18,20). The number of carbonyl (C=O) groups is 1. The Kier molecular flexibility index (Phi) is 3.59. The zero-order valence-electron chi connectivity index (χ0n) is 12.3. The van der Waals surface area contributed by atoms with E-state index >= 15 is 0 Å². The normalized spacial score (nSPS) is 21.1. The zero-order chi connectivity index (χ0) is 14.9. The zero-order valence-corrected chi connectivity index (χ0v) is 12.3. The first kappa shape index (κ1) is 13.9. The second kappa shape index (κ2) is 5.41. The lowest BCUT2D eigenvalue weighted by atomic mass is 9.94. The van der Waals surface area contributed by atoms with Crippen LogP contribution >= 0.6 is 0 Å². The summed E-state index contributed by atoms with van der Waals surface area (Å²) in [5.74, 6) is -0.170. The highest BCUT2D eigenvalue weighted by Gasteiger charge is 2.30. The molecule has 3 rings (SSSR count). The first-order valence-electron chi connectivity index (χ1n) is 7.20. The molecule has 2 heterocycles. The van der Waals surface area contributed by atoms with Crippen molar-refractivity contribution in [3.05, 3.63) is 36.2 Å². The first-order valence-corrected chi connectivity index (χ1v) is 7.20. The van der Waals surface area contributed by atoms with Crippen LogP contribution in [0.4, 0.5) is 0 Å². The van der Waals surface area contributed by atoms with Crippen LogP contribution in [-0.4, -0.2) is 34.1 Å². The molecule has 1 N–H and O–H groups in total. The van der Waals surface area contributed by atoms with E-state index in [-0.39, 0.29) is 17.6 Å². The van der Waals surface area contributed by atoms with Gasteiger partial charge in [-0.3, -0.25) is 9.78 Å². The van der Waals surface area contributed by atoms with Gasteiger partial charge in [0.1, 0.15) is 5.69 Å². The number of aromatic nitrogens is 2. The molecule has 5 heteroatoms. The van der Waals surface area contributed by atoms with Crippen LogP contribution in [0.15, 0.2) is 30.5 Å². The second-order valence-corrected chi connectivity index (χ2v) is 6.02. The van der Waals surface area contributed by atoms with Crippen molar-refractivity contribution in [3.8, 4) is 0 Å². The molecule has 1 aromatic heterocycles. The highest BCUT2D eigenvalue weighted by Crippen LogP contribution is 2.24. The summed E-state index contributed by atoms with van der Waals surface area (Å²) in [6.07, 6.45) is 3.16. The fraction of sp³-hybridized carbons (Fsp3) is 0.438. The third-order valence-corrected chi connectivity index (χ3v) is 3.71. The SMILES string of the molecule is CC1(C)CC(NC(=O)c2cnc3ccccc3n2)CCO1. The Balaban J connectivity index is 1.74. The van der Waals surface area contributed by atoms with Gasteiger partial charge >= 0.3 is 0 Å². The third-order valence-electron chi connectivity index (χ3n) is 3.71. The van der Waals surface area contributed by atoms with Crippen molar-refractivity contribution in [1.29, 1.82) is 0 Å². The predicted octanol–water partition coefficient (Wildman–Crippen LogP) is 2.32. The van der Waals surface area contributed by atoms with Gasteiger partial charge < -0.3 is 10.1 Å². The molecule has 1 aliphatic heterocycles. The van der Waals surface area contributed by atoms with E-state index in [0.29, 0.717) is 12.3 Å². The molecule has 0 aliphatic carbocycles. The maximum Gasteiger partial charge on any atom is 0.271 e. The molecule has 0 saturated carbocycles. The molecule has 1 aromatic carbocycles. The quantitative estimate of drug-likeness (QED) is 0.919. The Morgan fingerprint density at radius 2 is 2.10 bits per heavy atom. The van der Waals surface area contributed by atoms with E-state index in [0.717, 1.165) is 23.9 Å². The van der Waals surface area contributed by atoms with Crippen LogP contribution in [-0.2, 0) is 4.74 Å². The summed E-state index contributed by atoms with van der Waals surface area (Å²) >= 11 is 0. The van der Waals surface area contributed by atoms with Crippen LogP contribution in [0.1, 0.15) is 37.2 Å². The maximum absolute atomic E-state index is 12.3. The summed E-state index contributed by atoms with van der Waals surface area (Å²) < 4.78 is 5.66. The molecule has 1 amide bonds. The van der Waals surface area contributed by atoms with Crippen molar-refractivity contribution in [1.82, 2.24) is 15.3 Å². The minimum Gasteiger partial charge on any atom is -0.375 e. The number of rotatable bonds is 2. The van der Waals surface area contributed by atoms with Gasteiger partial charge in [0.05, 0.1) is 22.8 Å². The fourth-order valence-electron chi connectivity index (χ4n) is 2.68. The van der Waals surface area contributed by atoms with Gasteiger partial charge in [-0.1, -0.05) is 12.1 Å². The number of ether oxygens (including phenoxy) is 1. The molecule has 0 spiro atoms. The molecular weight excluding hydrogens is 266 g/mol. The molecule has 1 aliphatic rings. The average Bonchev–Trinajstić information content (AvgIpc) is 2.45. The molecule has 1 unspecified atom stereocenters. The number of para-hydroxylation sites is 2. The minimum absolute atomic E-state index is 0.120. The number of nitrogens with zero attached hydrogens (tertiary/aromatic N) is 2. The lowest BCUT2D eigenvalue weighted by Gasteiger charge is -2.35. The van der Waals surface area contributed by atoms with Crippen molar-refractivity contribution in [2.45, 2.75) is 38.3 Å². The van der Waals surface area contributed by atoms with Crippen molar-refractivity contribution < 1.29 is 9.53 Å². The highest BCUT2D eigenvalue weighted by atomic mass is 16.5. The van der Waals surface area contributed by atoms with E-state index in [1.54, 1.807) is 0 Å². The van der Waals surface area contributed by atoms with E-state index < -0.39 is 0 Å². The summed E-state index contributed by atoms with van der Waals surface area (Å²) in [7, 11) is 0. The van der Waals surface area contributed by atoms with Gasteiger partial charge in [0, 0.05) is 12.6 Å². The van der Waals surface area contributed by atoms with Crippen LogP contribution in [0.3, 0.4) is 0 Å². The van der Waals surface area contributed by atoms with Gasteiger partial charge in [-0.05, 0) is 38.8 Å². The Bertz CT molecular complexity index is 669. The molecule has 110 valence electrons. The Labute approximate surface area is 123 Å². The molecule has 5 nitrogen and oxygen atoms in total. The number of hydrogen-bond acceptors (Lipinski definition) is 4. The molecule has 1 saturated heterocycles. The number of benzene rings is 1. The Morgan fingerprint density at radius 1 is 1.33 bits per heavy atom. The van der Waals surface area contributed by atoms with E-state index in [1.807, 2.05) is 38.1 Å². The largest absolute Gasteiger partial charge is 0.375 e. The topological polar surface area (TPSA) is 64.1 Å². The van der Waals surface area contributed by atoms with Crippen molar-refractivity contribution in [2.24, 2.45) is 0 Å². The average molecular weight is 285 g/mol. The van der Waals surface area contributed by atoms with Crippen LogP contribution < -0.4 is 5.32 Å². The summed E-state index contributed by atoms with van der Waals surface area (Å²) in [5, 5.41) is 3.03. The summed E-state index contributed by atoms with van der Waals surface area (Å²) in [6.45, 7) is 4.75. The molecule has 0 bridgehead atoms. The van der Waals surface area contributed by atoms with Crippen LogP contribution in [0.2, 0.25) is 0 Å². The molecular formula is C16H19N3O2. The predicted molar refractivity (Wildman–Crippen MR) is 80.1 cm³/mol. The smallest absolute Gasteiger partial charge is 0.271 e. The Morgan fingerprint density at radius 3 is 2.86 bits per heavy atom. The number of hydrogen-bond donors (Lipinski definition) is 1. The van der Waals surface area contributed by atoms with Crippen molar-refractivity contribution in [3.63, 3.8) is 0 Å². The lowest BCUT2D eigenvalue weighted by molar-refractivity contribution is -0.0615. The monoisotopic (exact) mass is 285 g/mol. The van der Waals surface area contributed by atoms with Gasteiger partial charge in [0.25, 0.3) is 5.91 Å². The number of carbonyl (C=O) groups excluding carboxylic acids is 1. The van der Waals surface area contributed by atoms with Gasteiger partial charge in [-0.15, -0.1) is 0 Å². The maximum atomic E-state index is 12.3. The molecule has 0 radical (unpaired) electrons. The van der Waals surface area contributed by atoms with Crippen LogP contribution in [0.25, 0.3) is 11.0 Å². The first-order chi connectivity index (χ1) is 10.0. The molecule has 2 aromatic rings. The van der Waals surface area contributed by atoms with Gasteiger partial charge in [0.15, 0.2) is 0 Å². The summed E-state index contributed by atoms with van der Waals surface area (Å²) in [5.41, 5.74) is 1.70. The van der Waals surface area contributed by atoms with E-state index in [4.69, 9.17) is 4.74 Å². The minimum atomic E-state index is -0.189. The van der Waals surface area contributed by atoms with E-state index in [9.17, 15) is 4.79 Å². The van der Waals surface area contributed by atoms with Gasteiger partial charge in [0.2, 0.25) is 0 Å². The Hall–Kier alpha value is -2.01. The van der Waals surface area contributed by atoms with Crippen molar-refractivity contribution >= 4 is 16.9 Å². The van der Waals surface area contributed by atoms with Gasteiger partial charge in [-0.2, -0.15) is 0 Å². The summed E-state index contributed by atoms with van der Waals surface area (Å²) in [6, 6.07) is 7.65. The second-order valence-electron chi connectivity index (χ2n) is 6.02. The lowest BCUT2D eigenvalue weighted by Crippen LogP contribution is -2.46. The molecule has 1 fully saturated rings. The third kappa shape index (κ3) is 3.19. The van der Waals surface area contributed by atoms with Gasteiger partial charge in [-0.25, -0.2) is 4.98 Å².